The van der Waals surface area contributed by atoms with Crippen molar-refractivity contribution in [3.05, 3.63) is 29.8 Å². The number of hydrogen-bond acceptors (Lipinski definition) is 4. The molecule has 0 saturated carbocycles. The van der Waals surface area contributed by atoms with Gasteiger partial charge in [0, 0.05) is 25.7 Å². The third kappa shape index (κ3) is 4.95. The van der Waals surface area contributed by atoms with Crippen molar-refractivity contribution in [3.63, 3.8) is 0 Å². The molecule has 0 bridgehead atoms. The lowest BCUT2D eigenvalue weighted by atomic mass is 9.98. The molecule has 7 nitrogen and oxygen atoms in total. The van der Waals surface area contributed by atoms with Gasteiger partial charge >= 0.3 is 5.97 Å². The molecule has 1 atom stereocenters. The zero-order chi connectivity index (χ0) is 18.4. The van der Waals surface area contributed by atoms with Gasteiger partial charge in [-0.25, -0.2) is 0 Å². The number of nitrogens with zero attached hydrogens (tertiary/aromatic N) is 2. The average Bonchev–Trinajstić information content (AvgIpc) is 2.62. The van der Waals surface area contributed by atoms with Crippen LogP contribution < -0.4 is 4.74 Å². The number of carboxylic acids is 1. The number of carbonyl (C=O) groups excluding carboxylic acids is 2. The van der Waals surface area contributed by atoms with Crippen LogP contribution in [0.5, 0.6) is 5.75 Å². The van der Waals surface area contributed by atoms with E-state index in [1.165, 1.54) is 9.80 Å². The number of amides is 2. The maximum absolute atomic E-state index is 12.4. The fourth-order valence-corrected chi connectivity index (χ4v) is 2.86. The minimum Gasteiger partial charge on any atom is -0.494 e. The van der Waals surface area contributed by atoms with E-state index in [4.69, 9.17) is 9.84 Å². The zero-order valence-corrected chi connectivity index (χ0v) is 14.6. The molecule has 0 radical (unpaired) electrons. The first-order valence-electron chi connectivity index (χ1n) is 8.41. The Morgan fingerprint density at radius 1 is 1.28 bits per heavy atom. The molecule has 1 heterocycles. The highest BCUT2D eigenvalue weighted by atomic mass is 16.5. The second-order valence-electron chi connectivity index (χ2n) is 6.14. The number of benzene rings is 1. The molecule has 0 spiro atoms. The molecule has 1 N–H and O–H groups in total. The summed E-state index contributed by atoms with van der Waals surface area (Å²) in [4.78, 5) is 38.8. The van der Waals surface area contributed by atoms with Crippen LogP contribution in [0.25, 0.3) is 0 Å². The Balaban J connectivity index is 1.93. The Kier molecular flexibility index (Phi) is 6.38. The standard InChI is InChI=1S/C18H24N2O5/c1-3-25-15-8-6-13(7-9-15)17(22)19(2)12-16(21)20-10-4-5-14(11-20)18(23)24/h6-9,14H,3-5,10-12H2,1-2H3,(H,23,24). The van der Waals surface area contributed by atoms with Gasteiger partial charge in [0.15, 0.2) is 0 Å². The van der Waals surface area contributed by atoms with Crippen LogP contribution in [0.15, 0.2) is 24.3 Å². The van der Waals surface area contributed by atoms with Crippen molar-refractivity contribution in [2.45, 2.75) is 19.8 Å². The summed E-state index contributed by atoms with van der Waals surface area (Å²) in [6, 6.07) is 6.76. The summed E-state index contributed by atoms with van der Waals surface area (Å²) >= 11 is 0. The van der Waals surface area contributed by atoms with E-state index < -0.39 is 11.9 Å². The number of aliphatic carboxylic acids is 1. The van der Waals surface area contributed by atoms with E-state index in [0.717, 1.165) is 0 Å². The molecule has 0 aliphatic carbocycles. The van der Waals surface area contributed by atoms with Crippen molar-refractivity contribution in [3.8, 4) is 5.75 Å². The molecular weight excluding hydrogens is 324 g/mol. The topological polar surface area (TPSA) is 87.2 Å². The SMILES string of the molecule is CCOc1ccc(C(=O)N(C)CC(=O)N2CCCC(C(=O)O)C2)cc1. The largest absolute Gasteiger partial charge is 0.494 e. The van der Waals surface area contributed by atoms with Crippen LogP contribution in [-0.2, 0) is 9.59 Å². The van der Waals surface area contributed by atoms with E-state index in [-0.39, 0.29) is 24.9 Å². The highest BCUT2D eigenvalue weighted by Crippen LogP contribution is 2.17. The van der Waals surface area contributed by atoms with Crippen LogP contribution in [0.2, 0.25) is 0 Å². The molecule has 1 saturated heterocycles. The molecule has 1 aromatic carbocycles. The minimum absolute atomic E-state index is 0.0710. The number of hydrogen-bond donors (Lipinski definition) is 1. The number of likely N-dealkylation sites (tertiary alicyclic amines) is 1. The summed E-state index contributed by atoms with van der Waals surface area (Å²) in [7, 11) is 1.56. The molecule has 2 amide bonds. The molecule has 1 aliphatic heterocycles. The van der Waals surface area contributed by atoms with Crippen LogP contribution in [0.1, 0.15) is 30.1 Å². The predicted octanol–water partition coefficient (Wildman–Crippen LogP) is 1.48. The minimum atomic E-state index is -0.878. The Bertz CT molecular complexity index is 629. The van der Waals surface area contributed by atoms with E-state index in [0.29, 0.717) is 37.3 Å². The van der Waals surface area contributed by atoms with Crippen LogP contribution in [0.3, 0.4) is 0 Å². The molecular formula is C18H24N2O5. The number of carboxylic acid groups (broad SMARTS) is 1. The second kappa shape index (κ2) is 8.50. The molecule has 1 aliphatic rings. The van der Waals surface area contributed by atoms with Gasteiger partial charge in [0.25, 0.3) is 5.91 Å². The second-order valence-corrected chi connectivity index (χ2v) is 6.14. The van der Waals surface area contributed by atoms with E-state index >= 15 is 0 Å². The summed E-state index contributed by atoms with van der Waals surface area (Å²) in [6.45, 7) is 3.11. The number of piperidine rings is 1. The summed E-state index contributed by atoms with van der Waals surface area (Å²) in [5.41, 5.74) is 0.473. The van der Waals surface area contributed by atoms with Crippen molar-refractivity contribution >= 4 is 17.8 Å². The normalized spacial score (nSPS) is 17.0. The van der Waals surface area contributed by atoms with Gasteiger partial charge in [0.1, 0.15) is 5.75 Å². The molecule has 2 rings (SSSR count). The summed E-state index contributed by atoms with van der Waals surface area (Å²) in [5, 5.41) is 9.10. The van der Waals surface area contributed by atoms with Gasteiger partial charge in [-0.2, -0.15) is 0 Å². The quantitative estimate of drug-likeness (QED) is 0.841. The molecule has 1 aromatic rings. The Labute approximate surface area is 147 Å². The van der Waals surface area contributed by atoms with E-state index in [1.54, 1.807) is 31.3 Å². The van der Waals surface area contributed by atoms with Gasteiger partial charge in [0.05, 0.1) is 19.1 Å². The van der Waals surface area contributed by atoms with Gasteiger partial charge in [-0.3, -0.25) is 14.4 Å². The highest BCUT2D eigenvalue weighted by Gasteiger charge is 2.29. The number of carbonyl (C=O) groups is 3. The molecule has 136 valence electrons. The fourth-order valence-electron chi connectivity index (χ4n) is 2.86. The van der Waals surface area contributed by atoms with Crippen molar-refractivity contribution in [1.82, 2.24) is 9.80 Å². The highest BCUT2D eigenvalue weighted by molar-refractivity contribution is 5.96. The van der Waals surface area contributed by atoms with Crippen LogP contribution in [0.4, 0.5) is 0 Å². The smallest absolute Gasteiger partial charge is 0.308 e. The van der Waals surface area contributed by atoms with Crippen molar-refractivity contribution in [2.75, 3.05) is 33.3 Å². The van der Waals surface area contributed by atoms with Gasteiger partial charge < -0.3 is 19.6 Å². The molecule has 0 aromatic heterocycles. The van der Waals surface area contributed by atoms with E-state index in [9.17, 15) is 14.4 Å². The van der Waals surface area contributed by atoms with Crippen molar-refractivity contribution in [1.29, 1.82) is 0 Å². The van der Waals surface area contributed by atoms with E-state index in [2.05, 4.69) is 0 Å². The summed E-state index contributed by atoms with van der Waals surface area (Å²) < 4.78 is 5.34. The maximum atomic E-state index is 12.4. The van der Waals surface area contributed by atoms with Crippen molar-refractivity contribution in [2.24, 2.45) is 5.92 Å². The third-order valence-corrected chi connectivity index (χ3v) is 4.25. The molecule has 25 heavy (non-hydrogen) atoms. The number of likely N-dealkylation sites (N-methyl/N-ethyl adjacent to an activating group) is 1. The molecule has 1 unspecified atom stereocenters. The lowest BCUT2D eigenvalue weighted by Gasteiger charge is -2.32. The zero-order valence-electron chi connectivity index (χ0n) is 14.6. The Morgan fingerprint density at radius 2 is 1.96 bits per heavy atom. The first-order chi connectivity index (χ1) is 11.9. The monoisotopic (exact) mass is 348 g/mol. The molecule has 7 heteroatoms. The lowest BCUT2D eigenvalue weighted by Crippen LogP contribution is -2.46. The van der Waals surface area contributed by atoms with Gasteiger partial charge in [0.2, 0.25) is 5.91 Å². The van der Waals surface area contributed by atoms with Gasteiger partial charge in [-0.1, -0.05) is 0 Å². The average molecular weight is 348 g/mol. The predicted molar refractivity (Wildman–Crippen MR) is 91.5 cm³/mol. The van der Waals surface area contributed by atoms with Gasteiger partial charge in [-0.05, 0) is 44.0 Å². The third-order valence-electron chi connectivity index (χ3n) is 4.25. The number of ether oxygens (including phenoxy) is 1. The Morgan fingerprint density at radius 3 is 2.56 bits per heavy atom. The van der Waals surface area contributed by atoms with Crippen LogP contribution in [0, 0.1) is 5.92 Å². The van der Waals surface area contributed by atoms with Crippen LogP contribution in [-0.4, -0.2) is 66.0 Å². The lowest BCUT2D eigenvalue weighted by molar-refractivity contribution is -0.145. The maximum Gasteiger partial charge on any atom is 0.308 e. The summed E-state index contributed by atoms with van der Waals surface area (Å²) in [5.74, 6) is -1.21. The number of rotatable bonds is 6. The molecule has 1 fully saturated rings. The van der Waals surface area contributed by atoms with E-state index in [1.807, 2.05) is 6.92 Å². The van der Waals surface area contributed by atoms with Gasteiger partial charge in [-0.15, -0.1) is 0 Å². The first kappa shape index (κ1) is 18.8. The summed E-state index contributed by atoms with van der Waals surface area (Å²) in [6.07, 6.45) is 1.25. The fraction of sp³-hybridized carbons (Fsp3) is 0.500. The van der Waals surface area contributed by atoms with Crippen molar-refractivity contribution < 1.29 is 24.2 Å². The Hall–Kier alpha value is -2.57. The van der Waals surface area contributed by atoms with Crippen LogP contribution >= 0.6 is 0 Å². The first-order valence-corrected chi connectivity index (χ1v) is 8.41.